The Bertz CT molecular complexity index is 606. The second kappa shape index (κ2) is 7.09. The van der Waals surface area contributed by atoms with Crippen molar-refractivity contribution in [3.63, 3.8) is 0 Å². The van der Waals surface area contributed by atoms with Crippen LogP contribution in [-0.4, -0.2) is 18.6 Å². The number of hydrogen-bond acceptors (Lipinski definition) is 4. The van der Waals surface area contributed by atoms with Gasteiger partial charge in [0.1, 0.15) is 5.75 Å². The maximum atomic E-state index is 11.9. The molecule has 0 spiro atoms. The third-order valence-corrected chi connectivity index (χ3v) is 3.23. The Morgan fingerprint density at radius 1 is 1.05 bits per heavy atom. The van der Waals surface area contributed by atoms with E-state index in [0.717, 1.165) is 17.7 Å². The monoisotopic (exact) mass is 299 g/mol. The number of hydrogen-bond donors (Lipinski definition) is 1. The van der Waals surface area contributed by atoms with Crippen LogP contribution in [0.4, 0.5) is 0 Å². The average molecular weight is 299 g/mol. The van der Waals surface area contributed by atoms with Gasteiger partial charge in [0.15, 0.2) is 0 Å². The summed E-state index contributed by atoms with van der Waals surface area (Å²) in [7, 11) is 1.64. The summed E-state index contributed by atoms with van der Waals surface area (Å²) in [5.74, 6) is 0.438. The molecule has 0 aliphatic heterocycles. The SMILES string of the molecule is COc1ccc(CC(C)(C)NOC(=O)c2ccccc2)cc1. The molecular weight excluding hydrogens is 278 g/mol. The lowest BCUT2D eigenvalue weighted by molar-refractivity contribution is 0.00137. The Kier molecular flexibility index (Phi) is 5.17. The van der Waals surface area contributed by atoms with Gasteiger partial charge in [-0.15, -0.1) is 5.48 Å². The van der Waals surface area contributed by atoms with Gasteiger partial charge in [-0.25, -0.2) is 4.79 Å². The third kappa shape index (κ3) is 4.60. The molecule has 4 nitrogen and oxygen atoms in total. The number of carbonyl (C=O) groups is 1. The Labute approximate surface area is 131 Å². The van der Waals surface area contributed by atoms with Gasteiger partial charge in [-0.2, -0.15) is 0 Å². The topological polar surface area (TPSA) is 47.6 Å². The van der Waals surface area contributed by atoms with Crippen LogP contribution in [0.3, 0.4) is 0 Å². The minimum atomic E-state index is -0.386. The summed E-state index contributed by atoms with van der Waals surface area (Å²) in [6.07, 6.45) is 0.721. The fourth-order valence-electron chi connectivity index (χ4n) is 2.11. The highest BCUT2D eigenvalue weighted by Crippen LogP contribution is 2.17. The van der Waals surface area contributed by atoms with Gasteiger partial charge in [-0.05, 0) is 50.1 Å². The van der Waals surface area contributed by atoms with Crippen LogP contribution in [0.2, 0.25) is 0 Å². The summed E-state index contributed by atoms with van der Waals surface area (Å²) in [6.45, 7) is 3.96. The number of nitrogens with one attached hydrogen (secondary N) is 1. The van der Waals surface area contributed by atoms with Gasteiger partial charge >= 0.3 is 5.97 Å². The number of benzene rings is 2. The molecule has 0 aliphatic carbocycles. The van der Waals surface area contributed by atoms with E-state index >= 15 is 0 Å². The van der Waals surface area contributed by atoms with Gasteiger partial charge in [0.2, 0.25) is 0 Å². The number of hydroxylamine groups is 1. The molecule has 0 atom stereocenters. The predicted octanol–water partition coefficient (Wildman–Crippen LogP) is 3.38. The van der Waals surface area contributed by atoms with Crippen molar-refractivity contribution in [2.75, 3.05) is 7.11 Å². The molecule has 0 aromatic heterocycles. The van der Waals surface area contributed by atoms with Crippen LogP contribution in [0.5, 0.6) is 5.75 Å². The molecular formula is C18H21NO3. The van der Waals surface area contributed by atoms with Gasteiger partial charge in [0.25, 0.3) is 0 Å². The summed E-state index contributed by atoms with van der Waals surface area (Å²) < 4.78 is 5.14. The summed E-state index contributed by atoms with van der Waals surface area (Å²) in [6, 6.07) is 16.8. The van der Waals surface area contributed by atoms with E-state index in [1.807, 2.05) is 44.2 Å². The van der Waals surface area contributed by atoms with E-state index in [0.29, 0.717) is 5.56 Å². The van der Waals surface area contributed by atoms with Gasteiger partial charge < -0.3 is 9.57 Å². The zero-order valence-electron chi connectivity index (χ0n) is 13.1. The van der Waals surface area contributed by atoms with Crippen molar-refractivity contribution in [3.8, 4) is 5.75 Å². The van der Waals surface area contributed by atoms with Crippen LogP contribution < -0.4 is 10.2 Å². The van der Waals surface area contributed by atoms with Crippen LogP contribution >= 0.6 is 0 Å². The van der Waals surface area contributed by atoms with Gasteiger partial charge in [0, 0.05) is 0 Å². The lowest BCUT2D eigenvalue weighted by Crippen LogP contribution is -2.42. The van der Waals surface area contributed by atoms with Gasteiger partial charge in [-0.3, -0.25) is 0 Å². The summed E-state index contributed by atoms with van der Waals surface area (Å²) in [5, 5.41) is 0. The molecule has 0 fully saturated rings. The van der Waals surface area contributed by atoms with Crippen LogP contribution in [0.15, 0.2) is 54.6 Å². The molecule has 0 amide bonds. The molecule has 2 rings (SSSR count). The number of methoxy groups -OCH3 is 1. The van der Waals surface area contributed by atoms with Crippen molar-refractivity contribution in [2.24, 2.45) is 0 Å². The first-order chi connectivity index (χ1) is 10.5. The quantitative estimate of drug-likeness (QED) is 0.831. The molecule has 0 radical (unpaired) electrons. The second-order valence-electron chi connectivity index (χ2n) is 5.77. The Morgan fingerprint density at radius 3 is 2.27 bits per heavy atom. The smallest absolute Gasteiger partial charge is 0.356 e. The fourth-order valence-corrected chi connectivity index (χ4v) is 2.11. The Balaban J connectivity index is 1.91. The summed E-state index contributed by atoms with van der Waals surface area (Å²) in [4.78, 5) is 17.1. The molecule has 0 bridgehead atoms. The second-order valence-corrected chi connectivity index (χ2v) is 5.77. The zero-order chi connectivity index (χ0) is 16.0. The predicted molar refractivity (Wildman–Crippen MR) is 85.8 cm³/mol. The van der Waals surface area contributed by atoms with Gasteiger partial charge in [-0.1, -0.05) is 30.3 Å². The number of carbonyl (C=O) groups excluding carboxylic acids is 1. The largest absolute Gasteiger partial charge is 0.497 e. The number of rotatable bonds is 6. The third-order valence-electron chi connectivity index (χ3n) is 3.23. The molecule has 1 N–H and O–H groups in total. The summed E-state index contributed by atoms with van der Waals surface area (Å²) in [5.41, 5.74) is 4.13. The molecule has 0 saturated heterocycles. The molecule has 0 aliphatic rings. The first-order valence-electron chi connectivity index (χ1n) is 7.16. The molecule has 0 heterocycles. The van der Waals surface area contributed by atoms with Crippen molar-refractivity contribution in [1.29, 1.82) is 0 Å². The first kappa shape index (κ1) is 16.0. The first-order valence-corrected chi connectivity index (χ1v) is 7.16. The van der Waals surface area contributed by atoms with Gasteiger partial charge in [0.05, 0.1) is 18.2 Å². The molecule has 116 valence electrons. The molecule has 2 aromatic rings. The standard InChI is InChI=1S/C18H21NO3/c1-18(2,13-14-9-11-16(21-3)12-10-14)19-22-17(20)15-7-5-4-6-8-15/h4-12,19H,13H2,1-3H3. The Morgan fingerprint density at radius 2 is 1.68 bits per heavy atom. The van der Waals surface area contributed by atoms with E-state index in [-0.39, 0.29) is 11.5 Å². The minimum absolute atomic E-state index is 0.376. The zero-order valence-corrected chi connectivity index (χ0v) is 13.1. The van der Waals surface area contributed by atoms with Crippen molar-refractivity contribution in [3.05, 3.63) is 65.7 Å². The van der Waals surface area contributed by atoms with Crippen molar-refractivity contribution in [2.45, 2.75) is 25.8 Å². The highest BCUT2D eigenvalue weighted by Gasteiger charge is 2.21. The maximum absolute atomic E-state index is 11.9. The fraction of sp³-hybridized carbons (Fsp3) is 0.278. The lowest BCUT2D eigenvalue weighted by Gasteiger charge is -2.25. The molecule has 22 heavy (non-hydrogen) atoms. The van der Waals surface area contributed by atoms with Crippen LogP contribution in [0.1, 0.15) is 29.8 Å². The van der Waals surface area contributed by atoms with E-state index in [9.17, 15) is 4.79 Å². The van der Waals surface area contributed by atoms with Crippen LogP contribution in [0, 0.1) is 0 Å². The maximum Gasteiger partial charge on any atom is 0.356 e. The van der Waals surface area contributed by atoms with Crippen LogP contribution in [0.25, 0.3) is 0 Å². The number of ether oxygens (including phenoxy) is 1. The van der Waals surface area contributed by atoms with Crippen molar-refractivity contribution >= 4 is 5.97 Å². The highest BCUT2D eigenvalue weighted by molar-refractivity contribution is 5.89. The highest BCUT2D eigenvalue weighted by atomic mass is 16.7. The van der Waals surface area contributed by atoms with E-state index < -0.39 is 0 Å². The Hall–Kier alpha value is -2.33. The van der Waals surface area contributed by atoms with E-state index in [1.54, 1.807) is 31.4 Å². The normalized spacial score (nSPS) is 11.0. The average Bonchev–Trinajstić information content (AvgIpc) is 2.54. The molecule has 2 aromatic carbocycles. The van der Waals surface area contributed by atoms with E-state index in [2.05, 4.69) is 5.48 Å². The molecule has 0 saturated carbocycles. The molecule has 4 heteroatoms. The molecule has 0 unspecified atom stereocenters. The van der Waals surface area contributed by atoms with Crippen molar-refractivity contribution in [1.82, 2.24) is 5.48 Å². The van der Waals surface area contributed by atoms with E-state index in [4.69, 9.17) is 9.57 Å². The lowest BCUT2D eigenvalue weighted by atomic mass is 9.96. The minimum Gasteiger partial charge on any atom is -0.497 e. The summed E-state index contributed by atoms with van der Waals surface area (Å²) >= 11 is 0. The van der Waals surface area contributed by atoms with Crippen molar-refractivity contribution < 1.29 is 14.4 Å². The van der Waals surface area contributed by atoms with E-state index in [1.165, 1.54) is 0 Å². The van der Waals surface area contributed by atoms with Crippen LogP contribution in [-0.2, 0) is 11.3 Å².